The summed E-state index contributed by atoms with van der Waals surface area (Å²) in [6.07, 6.45) is 5.24. The second kappa shape index (κ2) is 5.21. The van der Waals surface area contributed by atoms with Crippen molar-refractivity contribution in [2.45, 2.75) is 32.1 Å². The van der Waals surface area contributed by atoms with Gasteiger partial charge in [-0.3, -0.25) is 4.79 Å². The number of aliphatic carboxylic acids is 1. The van der Waals surface area contributed by atoms with Crippen molar-refractivity contribution < 1.29 is 19.4 Å². The highest BCUT2D eigenvalue weighted by Gasteiger charge is 2.22. The van der Waals surface area contributed by atoms with Gasteiger partial charge in [0.1, 0.15) is 5.75 Å². The Morgan fingerprint density at radius 2 is 1.72 bits per heavy atom. The van der Waals surface area contributed by atoms with Gasteiger partial charge in [0.2, 0.25) is 0 Å². The van der Waals surface area contributed by atoms with Crippen molar-refractivity contribution in [3.63, 3.8) is 0 Å². The standard InChI is InChI=1S/C14H16O4/c1-18-12-8-10-6-4-2-3-5-9(10)7-11(12)13(15)14(16)17/h7-8H,2-6H2,1H3,(H,16,17). The third-order valence-electron chi connectivity index (χ3n) is 3.35. The van der Waals surface area contributed by atoms with Crippen molar-refractivity contribution in [3.05, 3.63) is 28.8 Å². The van der Waals surface area contributed by atoms with Crippen LogP contribution in [0.5, 0.6) is 5.75 Å². The molecule has 0 fully saturated rings. The van der Waals surface area contributed by atoms with Crippen LogP contribution in [0.2, 0.25) is 0 Å². The Morgan fingerprint density at radius 3 is 2.28 bits per heavy atom. The van der Waals surface area contributed by atoms with E-state index in [4.69, 9.17) is 9.84 Å². The number of ether oxygens (including phenoxy) is 1. The van der Waals surface area contributed by atoms with Gasteiger partial charge in [-0.05, 0) is 48.9 Å². The molecular formula is C14H16O4. The number of hydrogen-bond acceptors (Lipinski definition) is 3. The van der Waals surface area contributed by atoms with Crippen LogP contribution in [0.25, 0.3) is 0 Å². The summed E-state index contributed by atoms with van der Waals surface area (Å²) in [5, 5.41) is 8.81. The average molecular weight is 248 g/mol. The van der Waals surface area contributed by atoms with Crippen LogP contribution in [0, 0.1) is 0 Å². The highest BCUT2D eigenvalue weighted by atomic mass is 16.5. The lowest BCUT2D eigenvalue weighted by molar-refractivity contribution is -0.131. The van der Waals surface area contributed by atoms with E-state index >= 15 is 0 Å². The molecule has 1 aliphatic rings. The Bertz CT molecular complexity index is 491. The first kappa shape index (κ1) is 12.6. The van der Waals surface area contributed by atoms with Gasteiger partial charge in [-0.25, -0.2) is 4.79 Å². The van der Waals surface area contributed by atoms with E-state index in [1.165, 1.54) is 19.1 Å². The number of carbonyl (C=O) groups excluding carboxylic acids is 1. The SMILES string of the molecule is COc1cc2c(cc1C(=O)C(=O)O)CCCCC2. The predicted octanol–water partition coefficient (Wildman–Crippen LogP) is 2.23. The lowest BCUT2D eigenvalue weighted by Gasteiger charge is -2.12. The van der Waals surface area contributed by atoms with Gasteiger partial charge >= 0.3 is 5.97 Å². The van der Waals surface area contributed by atoms with E-state index in [1.54, 1.807) is 6.07 Å². The smallest absolute Gasteiger partial charge is 0.377 e. The molecule has 0 saturated carbocycles. The maximum absolute atomic E-state index is 11.6. The molecule has 0 aromatic heterocycles. The maximum Gasteiger partial charge on any atom is 0.377 e. The molecule has 0 heterocycles. The topological polar surface area (TPSA) is 63.6 Å². The first-order valence-electron chi connectivity index (χ1n) is 6.11. The minimum absolute atomic E-state index is 0.158. The van der Waals surface area contributed by atoms with Crippen LogP contribution in [-0.2, 0) is 17.6 Å². The van der Waals surface area contributed by atoms with Gasteiger partial charge < -0.3 is 9.84 Å². The molecule has 0 unspecified atom stereocenters. The molecule has 0 bridgehead atoms. The highest BCUT2D eigenvalue weighted by molar-refractivity contribution is 6.40. The van der Waals surface area contributed by atoms with Crippen LogP contribution in [0.1, 0.15) is 40.7 Å². The third kappa shape index (κ3) is 2.37. The van der Waals surface area contributed by atoms with E-state index in [2.05, 4.69) is 0 Å². The lowest BCUT2D eigenvalue weighted by atomic mass is 9.97. The maximum atomic E-state index is 11.6. The van der Waals surface area contributed by atoms with E-state index in [1.807, 2.05) is 6.07 Å². The van der Waals surface area contributed by atoms with E-state index < -0.39 is 11.8 Å². The van der Waals surface area contributed by atoms with Gasteiger partial charge in [-0.1, -0.05) is 6.42 Å². The Labute approximate surface area is 106 Å². The van der Waals surface area contributed by atoms with Crippen molar-refractivity contribution in [2.24, 2.45) is 0 Å². The normalized spacial score (nSPS) is 14.5. The summed E-state index contributed by atoms with van der Waals surface area (Å²) in [6.45, 7) is 0. The van der Waals surface area contributed by atoms with Crippen molar-refractivity contribution in [1.29, 1.82) is 0 Å². The van der Waals surface area contributed by atoms with E-state index in [-0.39, 0.29) is 5.56 Å². The van der Waals surface area contributed by atoms with Gasteiger partial charge in [0.15, 0.2) is 0 Å². The van der Waals surface area contributed by atoms with Gasteiger partial charge in [0.25, 0.3) is 5.78 Å². The molecule has 0 radical (unpaired) electrons. The van der Waals surface area contributed by atoms with Crippen LogP contribution < -0.4 is 4.74 Å². The fourth-order valence-electron chi connectivity index (χ4n) is 2.40. The largest absolute Gasteiger partial charge is 0.496 e. The fraction of sp³-hybridized carbons (Fsp3) is 0.429. The Morgan fingerprint density at radius 1 is 1.11 bits per heavy atom. The predicted molar refractivity (Wildman–Crippen MR) is 66.2 cm³/mol. The van der Waals surface area contributed by atoms with Gasteiger partial charge in [0, 0.05) is 0 Å². The first-order valence-corrected chi connectivity index (χ1v) is 6.11. The zero-order valence-electron chi connectivity index (χ0n) is 10.4. The summed E-state index contributed by atoms with van der Waals surface area (Å²) in [5.74, 6) is -1.98. The molecule has 18 heavy (non-hydrogen) atoms. The average Bonchev–Trinajstić information content (AvgIpc) is 2.60. The summed E-state index contributed by atoms with van der Waals surface area (Å²) < 4.78 is 5.14. The Kier molecular flexibility index (Phi) is 3.65. The highest BCUT2D eigenvalue weighted by Crippen LogP contribution is 2.28. The number of rotatable bonds is 3. The number of carboxylic acid groups (broad SMARTS) is 1. The third-order valence-corrected chi connectivity index (χ3v) is 3.35. The second-order valence-electron chi connectivity index (χ2n) is 4.52. The molecule has 1 aromatic carbocycles. The van der Waals surface area contributed by atoms with Gasteiger partial charge in [-0.15, -0.1) is 0 Å². The summed E-state index contributed by atoms with van der Waals surface area (Å²) in [7, 11) is 1.46. The van der Waals surface area contributed by atoms with E-state index in [0.717, 1.165) is 31.2 Å². The molecule has 0 saturated heterocycles. The number of carboxylic acids is 1. The number of Topliss-reactive ketones (excluding diaryl/α,β-unsaturated/α-hetero) is 1. The van der Waals surface area contributed by atoms with Crippen LogP contribution in [-0.4, -0.2) is 24.0 Å². The van der Waals surface area contributed by atoms with E-state index in [0.29, 0.717) is 5.75 Å². The molecule has 1 aliphatic carbocycles. The zero-order chi connectivity index (χ0) is 13.1. The van der Waals surface area contributed by atoms with Crippen molar-refractivity contribution in [1.82, 2.24) is 0 Å². The fourth-order valence-corrected chi connectivity index (χ4v) is 2.40. The molecule has 0 spiro atoms. The lowest BCUT2D eigenvalue weighted by Crippen LogP contribution is -2.14. The molecule has 4 nitrogen and oxygen atoms in total. The Hall–Kier alpha value is -1.84. The van der Waals surface area contributed by atoms with Crippen LogP contribution in [0.4, 0.5) is 0 Å². The second-order valence-corrected chi connectivity index (χ2v) is 4.52. The summed E-state index contributed by atoms with van der Waals surface area (Å²) >= 11 is 0. The zero-order valence-corrected chi connectivity index (χ0v) is 10.4. The monoisotopic (exact) mass is 248 g/mol. The number of hydrogen-bond donors (Lipinski definition) is 1. The molecule has 0 aliphatic heterocycles. The Balaban J connectivity index is 2.49. The van der Waals surface area contributed by atoms with E-state index in [9.17, 15) is 9.59 Å². The first-order chi connectivity index (χ1) is 8.63. The molecule has 96 valence electrons. The number of benzene rings is 1. The van der Waals surface area contributed by atoms with Crippen molar-refractivity contribution in [3.8, 4) is 5.75 Å². The molecule has 1 N–H and O–H groups in total. The molecule has 2 rings (SSSR count). The summed E-state index contributed by atoms with van der Waals surface area (Å²) in [6, 6.07) is 3.51. The van der Waals surface area contributed by atoms with Crippen LogP contribution >= 0.6 is 0 Å². The molecule has 4 heteroatoms. The summed E-state index contributed by atoms with van der Waals surface area (Å²) in [5.41, 5.74) is 2.41. The minimum atomic E-state index is -1.44. The van der Waals surface area contributed by atoms with Crippen molar-refractivity contribution in [2.75, 3.05) is 7.11 Å². The number of fused-ring (bicyclic) bond motifs is 1. The number of methoxy groups -OCH3 is 1. The number of ketones is 1. The van der Waals surface area contributed by atoms with Gasteiger partial charge in [0.05, 0.1) is 12.7 Å². The molecular weight excluding hydrogens is 232 g/mol. The van der Waals surface area contributed by atoms with Crippen LogP contribution in [0.15, 0.2) is 12.1 Å². The summed E-state index contributed by atoms with van der Waals surface area (Å²) in [4.78, 5) is 22.4. The molecule has 0 amide bonds. The number of aryl methyl sites for hydroxylation is 2. The van der Waals surface area contributed by atoms with Gasteiger partial charge in [-0.2, -0.15) is 0 Å². The van der Waals surface area contributed by atoms with Crippen LogP contribution in [0.3, 0.4) is 0 Å². The molecule has 1 aromatic rings. The minimum Gasteiger partial charge on any atom is -0.496 e. The quantitative estimate of drug-likeness (QED) is 0.506. The van der Waals surface area contributed by atoms with Crippen molar-refractivity contribution >= 4 is 11.8 Å². The number of carbonyl (C=O) groups is 2. The molecule has 0 atom stereocenters.